The topological polar surface area (TPSA) is 21.3 Å². The second kappa shape index (κ2) is 8.30. The summed E-state index contributed by atoms with van der Waals surface area (Å²) in [5.74, 6) is 2.42. The minimum atomic E-state index is -0.278. The molecule has 0 saturated carbocycles. The Hall–Kier alpha value is -0.390. The molecule has 0 aromatic heterocycles. The molecule has 2 nitrogen and oxygen atoms in total. The van der Waals surface area contributed by atoms with E-state index < -0.39 is 0 Å². The largest absolute Gasteiger partial charge is 0.494 e. The predicted molar refractivity (Wildman–Crippen MR) is 92.2 cm³/mol. The van der Waals surface area contributed by atoms with Crippen molar-refractivity contribution in [2.24, 2.45) is 0 Å². The van der Waals surface area contributed by atoms with Crippen LogP contribution in [-0.2, 0) is 0 Å². The van der Waals surface area contributed by atoms with Gasteiger partial charge >= 0.3 is 0 Å². The van der Waals surface area contributed by atoms with E-state index in [9.17, 15) is 4.39 Å². The quantitative estimate of drug-likeness (QED) is 0.847. The van der Waals surface area contributed by atoms with E-state index in [0.717, 1.165) is 18.5 Å². The van der Waals surface area contributed by atoms with Crippen LogP contribution in [0.25, 0.3) is 0 Å². The Morgan fingerprint density at radius 3 is 2.71 bits per heavy atom. The van der Waals surface area contributed by atoms with Gasteiger partial charge < -0.3 is 10.1 Å². The molecular formula is C16H24FNOS2. The molecule has 0 bridgehead atoms. The fourth-order valence-electron chi connectivity index (χ4n) is 2.77. The first-order valence-electron chi connectivity index (χ1n) is 7.51. The van der Waals surface area contributed by atoms with Crippen molar-refractivity contribution < 1.29 is 9.13 Å². The second-order valence-electron chi connectivity index (χ2n) is 5.08. The Balaban J connectivity index is 2.26. The molecule has 0 spiro atoms. The van der Waals surface area contributed by atoms with E-state index in [4.69, 9.17) is 4.74 Å². The summed E-state index contributed by atoms with van der Waals surface area (Å²) in [6.45, 7) is 5.24. The van der Waals surface area contributed by atoms with Crippen LogP contribution in [-0.4, -0.2) is 35.7 Å². The lowest BCUT2D eigenvalue weighted by Gasteiger charge is -2.36. The number of hydrogen-bond donors (Lipinski definition) is 1. The van der Waals surface area contributed by atoms with E-state index in [-0.39, 0.29) is 11.9 Å². The normalized spacial score (nSPS) is 23.8. The van der Waals surface area contributed by atoms with Gasteiger partial charge in [-0.05, 0) is 30.7 Å². The van der Waals surface area contributed by atoms with Crippen LogP contribution in [0.5, 0.6) is 5.75 Å². The van der Waals surface area contributed by atoms with Gasteiger partial charge in [0, 0.05) is 28.0 Å². The molecule has 3 atom stereocenters. The summed E-state index contributed by atoms with van der Waals surface area (Å²) >= 11 is 4.07. The highest BCUT2D eigenvalue weighted by molar-refractivity contribution is 8.07. The summed E-state index contributed by atoms with van der Waals surface area (Å²) < 4.78 is 19.1. The van der Waals surface area contributed by atoms with Crippen molar-refractivity contribution in [3.05, 3.63) is 29.6 Å². The molecular weight excluding hydrogens is 305 g/mol. The maximum atomic E-state index is 14.0. The van der Waals surface area contributed by atoms with Crippen molar-refractivity contribution in [3.63, 3.8) is 0 Å². The average molecular weight is 330 g/mol. The van der Waals surface area contributed by atoms with Gasteiger partial charge in [-0.25, -0.2) is 4.39 Å². The van der Waals surface area contributed by atoms with E-state index in [0.29, 0.717) is 16.2 Å². The molecule has 0 radical (unpaired) electrons. The Morgan fingerprint density at radius 1 is 1.33 bits per heavy atom. The van der Waals surface area contributed by atoms with Gasteiger partial charge in [-0.2, -0.15) is 23.5 Å². The maximum absolute atomic E-state index is 14.0. The lowest BCUT2D eigenvalue weighted by molar-refractivity contribution is 0.385. The van der Waals surface area contributed by atoms with E-state index in [1.54, 1.807) is 12.1 Å². The number of hydrogen-bond acceptors (Lipinski definition) is 4. The van der Waals surface area contributed by atoms with Gasteiger partial charge in [0.2, 0.25) is 0 Å². The average Bonchev–Trinajstić information content (AvgIpc) is 2.52. The molecule has 118 valence electrons. The minimum Gasteiger partial charge on any atom is -0.494 e. The standard InChI is InChI=1S/C16H24FNOS2/c1-4-14-16(21-9-8-20-14)15(18-5-2)11-6-7-13(19-3)12(17)10-11/h6-7,10,14-16,18H,4-5,8-9H2,1-3H3. The number of nitrogens with one attached hydrogen (secondary N) is 1. The first kappa shape index (κ1) is 17.0. The number of benzene rings is 1. The van der Waals surface area contributed by atoms with Crippen LogP contribution in [0.3, 0.4) is 0 Å². The van der Waals surface area contributed by atoms with Crippen LogP contribution in [0.2, 0.25) is 0 Å². The molecule has 1 aromatic carbocycles. The van der Waals surface area contributed by atoms with Crippen LogP contribution >= 0.6 is 23.5 Å². The smallest absolute Gasteiger partial charge is 0.165 e. The van der Waals surface area contributed by atoms with Crippen molar-refractivity contribution in [2.75, 3.05) is 25.2 Å². The molecule has 1 heterocycles. The third kappa shape index (κ3) is 4.08. The number of ether oxygens (including phenoxy) is 1. The molecule has 0 aliphatic carbocycles. The van der Waals surface area contributed by atoms with Gasteiger partial charge in [0.25, 0.3) is 0 Å². The molecule has 2 rings (SSSR count). The third-order valence-electron chi connectivity index (χ3n) is 3.78. The van der Waals surface area contributed by atoms with Crippen LogP contribution < -0.4 is 10.1 Å². The summed E-state index contributed by atoms with van der Waals surface area (Å²) in [5.41, 5.74) is 1.02. The highest BCUT2D eigenvalue weighted by Gasteiger charge is 2.32. The maximum Gasteiger partial charge on any atom is 0.165 e. The van der Waals surface area contributed by atoms with Crippen molar-refractivity contribution in [1.29, 1.82) is 0 Å². The number of methoxy groups -OCH3 is 1. The fraction of sp³-hybridized carbons (Fsp3) is 0.625. The zero-order chi connectivity index (χ0) is 15.2. The molecule has 1 aliphatic heterocycles. The van der Waals surface area contributed by atoms with E-state index in [2.05, 4.69) is 30.9 Å². The summed E-state index contributed by atoms with van der Waals surface area (Å²) in [6.07, 6.45) is 1.16. The summed E-state index contributed by atoms with van der Waals surface area (Å²) in [5, 5.41) is 4.67. The van der Waals surface area contributed by atoms with Crippen LogP contribution in [0.15, 0.2) is 18.2 Å². The Kier molecular flexibility index (Phi) is 6.71. The van der Waals surface area contributed by atoms with Crippen molar-refractivity contribution in [3.8, 4) is 5.75 Å². The first-order chi connectivity index (χ1) is 10.2. The van der Waals surface area contributed by atoms with Gasteiger partial charge in [0.15, 0.2) is 11.6 Å². The number of halogens is 1. The zero-order valence-electron chi connectivity index (χ0n) is 12.9. The molecule has 1 aromatic rings. The molecule has 21 heavy (non-hydrogen) atoms. The summed E-state index contributed by atoms with van der Waals surface area (Å²) in [6, 6.07) is 5.54. The van der Waals surface area contributed by atoms with Crippen molar-refractivity contribution >= 4 is 23.5 Å². The Labute approximate surface area is 135 Å². The third-order valence-corrected chi connectivity index (χ3v) is 7.13. The number of rotatable bonds is 6. The van der Waals surface area contributed by atoms with Crippen LogP contribution in [0.4, 0.5) is 4.39 Å². The Morgan fingerprint density at radius 2 is 2.10 bits per heavy atom. The van der Waals surface area contributed by atoms with Crippen LogP contribution in [0, 0.1) is 5.82 Å². The second-order valence-corrected chi connectivity index (χ2v) is 7.72. The zero-order valence-corrected chi connectivity index (χ0v) is 14.5. The van der Waals surface area contributed by atoms with Gasteiger partial charge in [0.05, 0.1) is 7.11 Å². The lowest BCUT2D eigenvalue weighted by atomic mass is 9.99. The molecule has 5 heteroatoms. The van der Waals surface area contributed by atoms with E-state index in [1.165, 1.54) is 18.6 Å². The molecule has 1 saturated heterocycles. The SMILES string of the molecule is CCNC(c1ccc(OC)c(F)c1)C1SCCSC1CC. The Bertz CT molecular complexity index is 458. The van der Waals surface area contributed by atoms with E-state index in [1.807, 2.05) is 17.8 Å². The fourth-order valence-corrected chi connectivity index (χ4v) is 6.02. The molecule has 0 amide bonds. The lowest BCUT2D eigenvalue weighted by Crippen LogP contribution is -2.38. The van der Waals surface area contributed by atoms with Crippen molar-refractivity contribution in [2.45, 2.75) is 36.8 Å². The van der Waals surface area contributed by atoms with Gasteiger partial charge in [0.1, 0.15) is 0 Å². The van der Waals surface area contributed by atoms with Crippen LogP contribution in [0.1, 0.15) is 31.9 Å². The molecule has 1 aliphatic rings. The molecule has 3 unspecified atom stereocenters. The van der Waals surface area contributed by atoms with Gasteiger partial charge in [-0.3, -0.25) is 0 Å². The highest BCUT2D eigenvalue weighted by Crippen LogP contribution is 2.40. The van der Waals surface area contributed by atoms with Gasteiger partial charge in [-0.15, -0.1) is 0 Å². The minimum absolute atomic E-state index is 0.193. The van der Waals surface area contributed by atoms with Gasteiger partial charge in [-0.1, -0.05) is 19.9 Å². The summed E-state index contributed by atoms with van der Waals surface area (Å²) in [7, 11) is 1.50. The van der Waals surface area contributed by atoms with E-state index >= 15 is 0 Å². The molecule has 1 fully saturated rings. The first-order valence-corrected chi connectivity index (χ1v) is 9.61. The summed E-state index contributed by atoms with van der Waals surface area (Å²) in [4.78, 5) is 0. The highest BCUT2D eigenvalue weighted by atomic mass is 32.2. The monoisotopic (exact) mass is 329 g/mol. The molecule has 1 N–H and O–H groups in total. The van der Waals surface area contributed by atoms with Crippen molar-refractivity contribution in [1.82, 2.24) is 5.32 Å². The number of thioether (sulfide) groups is 2. The predicted octanol–water partition coefficient (Wildman–Crippen LogP) is 4.11.